The van der Waals surface area contributed by atoms with Crippen molar-refractivity contribution >= 4 is 0 Å². The van der Waals surface area contributed by atoms with Crippen LogP contribution in [-0.4, -0.2) is 15.0 Å². The topological polar surface area (TPSA) is 47.9 Å². The van der Waals surface area contributed by atoms with Crippen LogP contribution in [0.4, 0.5) is 0 Å². The molecule has 4 heteroatoms. The normalized spacial score (nSPS) is 12.8. The predicted molar refractivity (Wildman–Crippen MR) is 250 cm³/mol. The highest BCUT2D eigenvalue weighted by Crippen LogP contribution is 2.62. The van der Waals surface area contributed by atoms with Crippen molar-refractivity contribution in [2.24, 2.45) is 0 Å². The van der Waals surface area contributed by atoms with Crippen molar-refractivity contribution in [1.29, 1.82) is 0 Å². The van der Waals surface area contributed by atoms with Gasteiger partial charge in [0.15, 0.2) is 17.5 Å². The predicted octanol–water partition coefficient (Wildman–Crippen LogP) is 14.3. The lowest BCUT2D eigenvalue weighted by atomic mass is 9.66. The van der Waals surface area contributed by atoms with Crippen molar-refractivity contribution in [3.8, 4) is 90.2 Å². The van der Waals surface area contributed by atoms with Crippen molar-refractivity contribution in [2.75, 3.05) is 0 Å². The Kier molecular flexibility index (Phi) is 8.36. The van der Waals surface area contributed by atoms with Crippen LogP contribution >= 0.6 is 0 Å². The van der Waals surface area contributed by atoms with Gasteiger partial charge in [-0.15, -0.1) is 0 Å². The number of fused-ring (bicyclic) bond motifs is 9. The molecule has 12 rings (SSSR count). The van der Waals surface area contributed by atoms with E-state index in [9.17, 15) is 0 Å². The van der Waals surface area contributed by atoms with Gasteiger partial charge in [0, 0.05) is 27.8 Å². The minimum Gasteiger partial charge on any atom is -0.457 e. The van der Waals surface area contributed by atoms with E-state index in [4.69, 9.17) is 19.7 Å². The Bertz CT molecular complexity index is 3240. The highest BCUT2D eigenvalue weighted by atomic mass is 16.5. The molecule has 0 fully saturated rings. The van der Waals surface area contributed by atoms with Crippen molar-refractivity contribution in [3.63, 3.8) is 0 Å². The lowest BCUT2D eigenvalue weighted by Gasteiger charge is -2.39. The van der Waals surface area contributed by atoms with E-state index in [1.165, 1.54) is 38.9 Å². The lowest BCUT2D eigenvalue weighted by Crippen LogP contribution is -2.32. The standard InChI is InChI=1S/C58H37N3O/c1-3-16-38(17-4-1)55-59-56(39-18-5-2-6-19-39)61-57(60-55)46-25-15-24-44(36-46)42-22-13-20-40(34-42)41-21-14-23-43(35-41)45-32-33-48-47-26-7-8-27-49(47)58(52(48)37-45)50-28-9-11-30-53(50)62-54-31-12-10-29-51(54)58/h1-37H. The van der Waals surface area contributed by atoms with E-state index in [0.717, 1.165) is 56.0 Å². The fourth-order valence-corrected chi connectivity index (χ4v) is 9.57. The number of benzene rings is 9. The molecule has 0 bridgehead atoms. The minimum absolute atomic E-state index is 0.513. The third kappa shape index (κ3) is 5.80. The third-order valence-corrected chi connectivity index (χ3v) is 12.4. The zero-order valence-corrected chi connectivity index (χ0v) is 33.6. The van der Waals surface area contributed by atoms with E-state index in [0.29, 0.717) is 17.5 Å². The number of rotatable bonds is 6. The second-order valence-corrected chi connectivity index (χ2v) is 15.9. The van der Waals surface area contributed by atoms with Gasteiger partial charge in [-0.1, -0.05) is 188 Å². The summed E-state index contributed by atoms with van der Waals surface area (Å²) in [6.45, 7) is 0. The molecule has 0 saturated carbocycles. The maximum Gasteiger partial charge on any atom is 0.164 e. The fraction of sp³-hybridized carbons (Fsp3) is 0.0172. The van der Waals surface area contributed by atoms with E-state index in [-0.39, 0.29) is 0 Å². The molecule has 2 aliphatic rings. The number of para-hydroxylation sites is 2. The molecule has 290 valence electrons. The van der Waals surface area contributed by atoms with Crippen LogP contribution in [0.1, 0.15) is 22.3 Å². The Labute approximate surface area is 360 Å². The van der Waals surface area contributed by atoms with Crippen molar-refractivity contribution in [2.45, 2.75) is 5.41 Å². The van der Waals surface area contributed by atoms with Crippen molar-refractivity contribution < 1.29 is 4.74 Å². The Morgan fingerprint density at radius 1 is 0.258 bits per heavy atom. The van der Waals surface area contributed by atoms with E-state index < -0.39 is 5.41 Å². The van der Waals surface area contributed by atoms with Gasteiger partial charge in [-0.25, -0.2) is 15.0 Å². The number of nitrogens with zero attached hydrogens (tertiary/aromatic N) is 3. The van der Waals surface area contributed by atoms with Gasteiger partial charge in [-0.3, -0.25) is 0 Å². The molecule has 0 atom stereocenters. The summed E-state index contributed by atoms with van der Waals surface area (Å²) in [7, 11) is 0. The number of aromatic nitrogens is 3. The summed E-state index contributed by atoms with van der Waals surface area (Å²) in [6.07, 6.45) is 0. The van der Waals surface area contributed by atoms with Crippen LogP contribution in [0.5, 0.6) is 11.5 Å². The molecule has 2 heterocycles. The molecule has 1 aromatic heterocycles. The monoisotopic (exact) mass is 791 g/mol. The summed E-state index contributed by atoms with van der Waals surface area (Å²) >= 11 is 0. The summed E-state index contributed by atoms with van der Waals surface area (Å²) in [5.74, 6) is 3.72. The molecule has 10 aromatic rings. The molecule has 62 heavy (non-hydrogen) atoms. The molecule has 4 nitrogen and oxygen atoms in total. The van der Waals surface area contributed by atoms with Gasteiger partial charge in [0.1, 0.15) is 11.5 Å². The second kappa shape index (κ2) is 14.5. The van der Waals surface area contributed by atoms with E-state index in [2.05, 4.69) is 164 Å². The van der Waals surface area contributed by atoms with Crippen LogP contribution in [0.2, 0.25) is 0 Å². The quantitative estimate of drug-likeness (QED) is 0.168. The van der Waals surface area contributed by atoms with Crippen LogP contribution in [0, 0.1) is 0 Å². The average molecular weight is 792 g/mol. The number of hydrogen-bond acceptors (Lipinski definition) is 4. The van der Waals surface area contributed by atoms with Gasteiger partial charge >= 0.3 is 0 Å². The number of ether oxygens (including phenoxy) is 1. The number of hydrogen-bond donors (Lipinski definition) is 0. The Balaban J connectivity index is 0.926. The molecular weight excluding hydrogens is 755 g/mol. The largest absolute Gasteiger partial charge is 0.457 e. The lowest BCUT2D eigenvalue weighted by molar-refractivity contribution is 0.436. The van der Waals surface area contributed by atoms with Crippen LogP contribution < -0.4 is 4.74 Å². The molecule has 9 aromatic carbocycles. The summed E-state index contributed by atoms with van der Waals surface area (Å²) in [4.78, 5) is 14.9. The molecule has 0 amide bonds. The summed E-state index contributed by atoms with van der Waals surface area (Å²) < 4.78 is 6.58. The van der Waals surface area contributed by atoms with Gasteiger partial charge in [0.2, 0.25) is 0 Å². The first kappa shape index (κ1) is 35.7. The molecule has 0 N–H and O–H groups in total. The van der Waals surface area contributed by atoms with Crippen LogP contribution in [0.15, 0.2) is 224 Å². The van der Waals surface area contributed by atoms with Crippen LogP contribution in [0.3, 0.4) is 0 Å². The summed E-state index contributed by atoms with van der Waals surface area (Å²) in [5, 5.41) is 0. The molecule has 1 aliphatic heterocycles. The summed E-state index contributed by atoms with van der Waals surface area (Å²) in [5.41, 5.74) is 16.6. The Morgan fingerprint density at radius 3 is 1.16 bits per heavy atom. The summed E-state index contributed by atoms with van der Waals surface area (Å²) in [6, 6.07) is 79.3. The van der Waals surface area contributed by atoms with E-state index in [1.807, 2.05) is 60.7 Å². The molecule has 0 radical (unpaired) electrons. The van der Waals surface area contributed by atoms with Gasteiger partial charge in [0.25, 0.3) is 0 Å². The second-order valence-electron chi connectivity index (χ2n) is 15.9. The smallest absolute Gasteiger partial charge is 0.164 e. The molecule has 0 unspecified atom stereocenters. The maximum absolute atomic E-state index is 6.58. The Morgan fingerprint density at radius 2 is 0.629 bits per heavy atom. The van der Waals surface area contributed by atoms with Gasteiger partial charge in [-0.2, -0.15) is 0 Å². The zero-order chi connectivity index (χ0) is 41.0. The van der Waals surface area contributed by atoms with Gasteiger partial charge in [-0.05, 0) is 92.0 Å². The van der Waals surface area contributed by atoms with E-state index in [1.54, 1.807) is 0 Å². The van der Waals surface area contributed by atoms with E-state index >= 15 is 0 Å². The SMILES string of the molecule is c1ccc(-c2nc(-c3ccccc3)nc(-c3cccc(-c4cccc(-c5cccc(-c6ccc7c(c6)C6(c8ccccc8Oc8ccccc86)c6ccccc6-7)c5)c4)c3)n2)cc1. The van der Waals surface area contributed by atoms with Crippen molar-refractivity contribution in [1.82, 2.24) is 15.0 Å². The molecule has 1 spiro atoms. The highest BCUT2D eigenvalue weighted by molar-refractivity contribution is 5.91. The van der Waals surface area contributed by atoms with Gasteiger partial charge in [0.05, 0.1) is 5.41 Å². The highest BCUT2D eigenvalue weighted by Gasteiger charge is 2.51. The molecule has 0 saturated heterocycles. The molecular formula is C58H37N3O. The van der Waals surface area contributed by atoms with Crippen LogP contribution in [-0.2, 0) is 5.41 Å². The first-order valence-corrected chi connectivity index (χ1v) is 21.0. The first-order chi connectivity index (χ1) is 30.7. The zero-order valence-electron chi connectivity index (χ0n) is 33.6. The third-order valence-electron chi connectivity index (χ3n) is 12.4. The maximum atomic E-state index is 6.58. The molecule has 1 aliphatic carbocycles. The first-order valence-electron chi connectivity index (χ1n) is 21.0. The average Bonchev–Trinajstić information content (AvgIpc) is 3.64. The van der Waals surface area contributed by atoms with Gasteiger partial charge < -0.3 is 4.74 Å². The minimum atomic E-state index is -0.513. The Hall–Kier alpha value is -8.21. The fourth-order valence-electron chi connectivity index (χ4n) is 9.57. The van der Waals surface area contributed by atoms with Crippen LogP contribution in [0.25, 0.3) is 78.7 Å². The van der Waals surface area contributed by atoms with Crippen molar-refractivity contribution in [3.05, 3.63) is 247 Å².